The first-order chi connectivity index (χ1) is 17.1. The molecular weight excluding hydrogens is 595 g/mol. The molecule has 2 aromatic heterocycles. The molecule has 0 unspecified atom stereocenters. The molecule has 0 radical (unpaired) electrons. The van der Waals surface area contributed by atoms with Crippen LogP contribution in [0.4, 0.5) is 15.2 Å². The highest BCUT2D eigenvalue weighted by Crippen LogP contribution is 2.37. The lowest BCUT2D eigenvalue weighted by Gasteiger charge is -2.08. The molecule has 2 N–H and O–H groups in total. The summed E-state index contributed by atoms with van der Waals surface area (Å²) in [4.78, 5) is 12.7. The number of aliphatic imine (C=N–C) groups is 1. The summed E-state index contributed by atoms with van der Waals surface area (Å²) in [5, 5.41) is 10.0. The van der Waals surface area contributed by atoms with E-state index in [1.807, 2.05) is 0 Å². The summed E-state index contributed by atoms with van der Waals surface area (Å²) in [5.74, 6) is -0.323. The molecule has 0 bridgehead atoms. The Labute approximate surface area is 223 Å². The van der Waals surface area contributed by atoms with Crippen molar-refractivity contribution in [1.82, 2.24) is 9.97 Å². The maximum Gasteiger partial charge on any atom is 0.281 e. The normalized spacial score (nSPS) is 11.7. The van der Waals surface area contributed by atoms with Crippen LogP contribution in [0.3, 0.4) is 0 Å². The molecule has 0 saturated heterocycles. The van der Waals surface area contributed by atoms with Gasteiger partial charge < -0.3 is 9.84 Å². The van der Waals surface area contributed by atoms with Crippen LogP contribution in [0, 0.1) is 12.7 Å². The second-order valence-corrected chi connectivity index (χ2v) is 11.7. The van der Waals surface area contributed by atoms with Crippen molar-refractivity contribution in [1.29, 1.82) is 0 Å². The molecule has 4 aromatic rings. The molecule has 0 spiro atoms. The van der Waals surface area contributed by atoms with Gasteiger partial charge in [0.1, 0.15) is 5.82 Å². The largest absolute Gasteiger partial charge is 0.504 e. The molecule has 36 heavy (non-hydrogen) atoms. The lowest BCUT2D eigenvalue weighted by Crippen LogP contribution is -2.15. The number of hydrogen-bond donors (Lipinski definition) is 2. The number of sulfonamides is 1. The van der Waals surface area contributed by atoms with Gasteiger partial charge in [0.05, 0.1) is 33.5 Å². The van der Waals surface area contributed by atoms with E-state index in [1.54, 1.807) is 31.2 Å². The number of phenolic OH excluding ortho intramolecular Hbond substituents is 1. The van der Waals surface area contributed by atoms with Crippen molar-refractivity contribution in [3.63, 3.8) is 0 Å². The molecule has 0 atom stereocenters. The van der Waals surface area contributed by atoms with Gasteiger partial charge in [0.2, 0.25) is 0 Å². The predicted molar refractivity (Wildman–Crippen MR) is 142 cm³/mol. The lowest BCUT2D eigenvalue weighted by molar-refractivity contribution is 0.373. The number of anilines is 1. The number of ether oxygens (including phenoxy) is 1. The fourth-order valence-corrected chi connectivity index (χ4v) is 6.25. The van der Waals surface area contributed by atoms with E-state index in [0.29, 0.717) is 37.6 Å². The lowest BCUT2D eigenvalue weighted by atomic mass is 10.2. The van der Waals surface area contributed by atoms with Crippen LogP contribution in [0.2, 0.25) is 5.02 Å². The Morgan fingerprint density at radius 3 is 2.75 bits per heavy atom. The summed E-state index contributed by atoms with van der Waals surface area (Å²) in [5.41, 5.74) is 2.11. The van der Waals surface area contributed by atoms with Crippen LogP contribution in [-0.4, -0.2) is 36.8 Å². The zero-order chi connectivity index (χ0) is 26.0. The number of nitrogens with zero attached hydrogens (tertiary/aromatic N) is 3. The Bertz CT molecular complexity index is 1600. The molecule has 2 heterocycles. The standard InChI is InChI=1S/C23H17BrClFN4O4S2/c1-12-8-15(27-10-14-4-3-5-18(34-2)20(14)31)11-28-22(12)36(32,33)30-23-29-19(21(24)35-23)13-6-7-17(26)16(25)9-13/h3-11,31H,1-2H3,(H,29,30). The van der Waals surface area contributed by atoms with Crippen LogP contribution in [-0.2, 0) is 10.0 Å². The van der Waals surface area contributed by atoms with Crippen molar-refractivity contribution >= 4 is 65.9 Å². The SMILES string of the molecule is COc1cccc(C=Nc2cnc(S(=O)(=O)Nc3nc(-c4ccc(F)c(Cl)c4)c(Br)s3)c(C)c2)c1O. The summed E-state index contributed by atoms with van der Waals surface area (Å²) in [6.45, 7) is 1.59. The van der Waals surface area contributed by atoms with Crippen molar-refractivity contribution in [3.8, 4) is 22.8 Å². The highest BCUT2D eigenvalue weighted by Gasteiger charge is 2.22. The highest BCUT2D eigenvalue weighted by atomic mass is 79.9. The quantitative estimate of drug-likeness (QED) is 0.236. The molecule has 0 aliphatic heterocycles. The van der Waals surface area contributed by atoms with Crippen LogP contribution >= 0.6 is 38.9 Å². The molecule has 2 aromatic carbocycles. The van der Waals surface area contributed by atoms with E-state index in [1.165, 1.54) is 37.7 Å². The van der Waals surface area contributed by atoms with Gasteiger partial charge in [-0.25, -0.2) is 14.4 Å². The van der Waals surface area contributed by atoms with Crippen molar-refractivity contribution in [2.24, 2.45) is 4.99 Å². The average molecular weight is 612 g/mol. The van der Waals surface area contributed by atoms with Gasteiger partial charge in [-0.15, -0.1) is 0 Å². The van der Waals surface area contributed by atoms with E-state index >= 15 is 0 Å². The molecule has 8 nitrogen and oxygen atoms in total. The van der Waals surface area contributed by atoms with Crippen molar-refractivity contribution in [2.45, 2.75) is 11.9 Å². The summed E-state index contributed by atoms with van der Waals surface area (Å²) < 4.78 is 47.5. The van der Waals surface area contributed by atoms with Crippen molar-refractivity contribution in [2.75, 3.05) is 11.8 Å². The first-order valence-corrected chi connectivity index (χ1v) is 13.6. The summed E-state index contributed by atoms with van der Waals surface area (Å²) >= 11 is 10.3. The minimum Gasteiger partial charge on any atom is -0.504 e. The van der Waals surface area contributed by atoms with Crippen LogP contribution < -0.4 is 9.46 Å². The molecule has 0 aliphatic rings. The van der Waals surface area contributed by atoms with E-state index in [-0.39, 0.29) is 20.9 Å². The fourth-order valence-electron chi connectivity index (χ4n) is 3.18. The van der Waals surface area contributed by atoms with E-state index in [4.69, 9.17) is 16.3 Å². The van der Waals surface area contributed by atoms with E-state index in [9.17, 15) is 17.9 Å². The van der Waals surface area contributed by atoms with Gasteiger partial charge in [-0.05, 0) is 64.8 Å². The highest BCUT2D eigenvalue weighted by molar-refractivity contribution is 9.11. The first-order valence-electron chi connectivity index (χ1n) is 10.1. The monoisotopic (exact) mass is 610 g/mol. The molecule has 0 saturated carbocycles. The second-order valence-electron chi connectivity index (χ2n) is 7.35. The summed E-state index contributed by atoms with van der Waals surface area (Å²) in [7, 11) is -2.63. The number of aryl methyl sites for hydroxylation is 1. The molecule has 0 amide bonds. The number of methoxy groups -OCH3 is 1. The van der Waals surface area contributed by atoms with Gasteiger partial charge in [0.25, 0.3) is 10.0 Å². The number of aromatic hydroxyl groups is 1. The van der Waals surface area contributed by atoms with Gasteiger partial charge in [-0.3, -0.25) is 9.71 Å². The number of nitrogens with one attached hydrogen (secondary N) is 1. The van der Waals surface area contributed by atoms with Gasteiger partial charge in [-0.2, -0.15) is 8.42 Å². The van der Waals surface area contributed by atoms with Crippen LogP contribution in [0.25, 0.3) is 11.3 Å². The van der Waals surface area contributed by atoms with Gasteiger partial charge in [-0.1, -0.05) is 29.0 Å². The number of para-hydroxylation sites is 1. The van der Waals surface area contributed by atoms with E-state index in [0.717, 1.165) is 11.3 Å². The van der Waals surface area contributed by atoms with Crippen LogP contribution in [0.5, 0.6) is 11.5 Å². The summed E-state index contributed by atoms with van der Waals surface area (Å²) in [6, 6.07) is 10.6. The molecule has 186 valence electrons. The number of thiazole rings is 1. The Kier molecular flexibility index (Phi) is 7.59. The molecule has 4 rings (SSSR count). The minimum absolute atomic E-state index is 0.0614. The molecule has 0 fully saturated rings. The molecule has 13 heteroatoms. The second kappa shape index (κ2) is 10.5. The number of pyridine rings is 1. The van der Waals surface area contributed by atoms with Gasteiger partial charge >= 0.3 is 0 Å². The number of aromatic nitrogens is 2. The third-order valence-corrected chi connectivity index (χ3v) is 8.31. The average Bonchev–Trinajstić information content (AvgIpc) is 3.19. The number of rotatable bonds is 7. The van der Waals surface area contributed by atoms with Crippen LogP contribution in [0.1, 0.15) is 11.1 Å². The maximum absolute atomic E-state index is 13.5. The number of halogens is 3. The zero-order valence-electron chi connectivity index (χ0n) is 18.7. The Hall–Kier alpha value is -3.06. The summed E-state index contributed by atoms with van der Waals surface area (Å²) in [6.07, 6.45) is 2.73. The van der Waals surface area contributed by atoms with E-state index < -0.39 is 15.8 Å². The Balaban J connectivity index is 1.56. The van der Waals surface area contributed by atoms with E-state index in [2.05, 4.69) is 35.6 Å². The number of hydrogen-bond acceptors (Lipinski definition) is 8. The minimum atomic E-state index is -4.07. The predicted octanol–water partition coefficient (Wildman–Crippen LogP) is 6.33. The number of phenols is 1. The zero-order valence-corrected chi connectivity index (χ0v) is 22.6. The third-order valence-electron chi connectivity index (χ3n) is 4.87. The fraction of sp³-hybridized carbons (Fsp3) is 0.0870. The molecule has 0 aliphatic carbocycles. The Morgan fingerprint density at radius 2 is 2.06 bits per heavy atom. The van der Waals surface area contributed by atoms with Crippen LogP contribution in [0.15, 0.2) is 62.5 Å². The molecular formula is C23H17BrClFN4O4S2. The van der Waals surface area contributed by atoms with Gasteiger partial charge in [0, 0.05) is 17.3 Å². The van der Waals surface area contributed by atoms with Gasteiger partial charge in [0.15, 0.2) is 21.7 Å². The first kappa shape index (κ1) is 26.0. The van der Waals surface area contributed by atoms with Crippen molar-refractivity contribution < 1.29 is 22.7 Å². The van der Waals surface area contributed by atoms with Crippen molar-refractivity contribution in [3.05, 3.63) is 74.4 Å². The smallest absolute Gasteiger partial charge is 0.281 e. The Morgan fingerprint density at radius 1 is 1.28 bits per heavy atom. The topological polar surface area (TPSA) is 114 Å². The maximum atomic E-state index is 13.5. The third kappa shape index (κ3) is 5.51. The number of benzene rings is 2.